The first kappa shape index (κ1) is 18.2. The first-order valence-corrected chi connectivity index (χ1v) is 8.30. The Morgan fingerprint density at radius 2 is 1.90 bits per heavy atom. The van der Waals surface area contributed by atoms with Crippen molar-refractivity contribution in [3.63, 3.8) is 0 Å². The molecule has 1 heterocycles. The molecule has 0 saturated heterocycles. The molecule has 1 aromatic heterocycles. The monoisotopic (exact) mass is 295 g/mol. The average molecular weight is 295 g/mol. The molecule has 1 aromatic rings. The van der Waals surface area contributed by atoms with Gasteiger partial charge in [-0.05, 0) is 46.2 Å². The Bertz CT molecular complexity index is 391. The molecular formula is C17H33N3O. The number of hydrogen-bond acceptors (Lipinski definition) is 3. The zero-order chi connectivity index (χ0) is 15.9. The zero-order valence-electron chi connectivity index (χ0n) is 14.6. The summed E-state index contributed by atoms with van der Waals surface area (Å²) in [4.78, 5) is 0. The van der Waals surface area contributed by atoms with Gasteiger partial charge in [0.1, 0.15) is 0 Å². The zero-order valence-corrected chi connectivity index (χ0v) is 14.6. The van der Waals surface area contributed by atoms with Gasteiger partial charge in [0.15, 0.2) is 0 Å². The Balaban J connectivity index is 2.62. The second-order valence-electron chi connectivity index (χ2n) is 6.64. The molecule has 4 nitrogen and oxygen atoms in total. The summed E-state index contributed by atoms with van der Waals surface area (Å²) < 4.78 is 8.03. The number of ether oxygens (including phenoxy) is 1. The molecule has 0 aliphatic heterocycles. The van der Waals surface area contributed by atoms with Crippen molar-refractivity contribution >= 4 is 0 Å². The number of aromatic nitrogens is 2. The summed E-state index contributed by atoms with van der Waals surface area (Å²) >= 11 is 0. The van der Waals surface area contributed by atoms with E-state index < -0.39 is 0 Å². The molecule has 0 aliphatic carbocycles. The third kappa shape index (κ3) is 6.62. The van der Waals surface area contributed by atoms with Crippen LogP contribution in [0.25, 0.3) is 0 Å². The predicted molar refractivity (Wildman–Crippen MR) is 88.7 cm³/mol. The van der Waals surface area contributed by atoms with E-state index in [0.29, 0.717) is 12.1 Å². The molecule has 1 N–H and O–H groups in total. The summed E-state index contributed by atoms with van der Waals surface area (Å²) in [7, 11) is 0. The maximum atomic E-state index is 5.92. The van der Waals surface area contributed by atoms with E-state index in [1.807, 2.05) is 0 Å². The van der Waals surface area contributed by atoms with E-state index in [0.717, 1.165) is 38.1 Å². The van der Waals surface area contributed by atoms with Crippen LogP contribution in [-0.2, 0) is 11.2 Å². The van der Waals surface area contributed by atoms with Crippen LogP contribution in [0.4, 0.5) is 0 Å². The first-order valence-electron chi connectivity index (χ1n) is 8.30. The van der Waals surface area contributed by atoms with Gasteiger partial charge in [-0.1, -0.05) is 20.8 Å². The number of nitrogens with one attached hydrogen (secondary N) is 1. The molecular weight excluding hydrogens is 262 g/mol. The lowest BCUT2D eigenvalue weighted by molar-refractivity contribution is -0.0143. The quantitative estimate of drug-likeness (QED) is 0.757. The van der Waals surface area contributed by atoms with Crippen LogP contribution < -0.4 is 5.32 Å². The third-order valence-corrected chi connectivity index (χ3v) is 3.65. The fraction of sp³-hybridized carbons (Fsp3) is 0.824. The Hall–Kier alpha value is -0.870. The number of nitrogens with zero attached hydrogens (tertiary/aromatic N) is 2. The predicted octanol–water partition coefficient (Wildman–Crippen LogP) is 3.58. The van der Waals surface area contributed by atoms with Crippen molar-refractivity contribution in [1.29, 1.82) is 0 Å². The van der Waals surface area contributed by atoms with Gasteiger partial charge in [-0.15, -0.1) is 0 Å². The smallest absolute Gasteiger partial charge is 0.0641 e. The molecule has 1 unspecified atom stereocenters. The molecule has 0 aliphatic rings. The van der Waals surface area contributed by atoms with Crippen LogP contribution in [0.3, 0.4) is 0 Å². The van der Waals surface area contributed by atoms with Crippen molar-refractivity contribution in [2.75, 3.05) is 13.2 Å². The van der Waals surface area contributed by atoms with E-state index in [-0.39, 0.29) is 5.60 Å². The van der Waals surface area contributed by atoms with Gasteiger partial charge < -0.3 is 10.1 Å². The van der Waals surface area contributed by atoms with Crippen molar-refractivity contribution in [3.05, 3.63) is 18.0 Å². The summed E-state index contributed by atoms with van der Waals surface area (Å²) in [6, 6.07) is 2.97. The lowest BCUT2D eigenvalue weighted by Crippen LogP contribution is -2.38. The van der Waals surface area contributed by atoms with Gasteiger partial charge in [0.2, 0.25) is 0 Å². The van der Waals surface area contributed by atoms with Gasteiger partial charge >= 0.3 is 0 Å². The molecule has 0 radical (unpaired) electrons. The molecule has 122 valence electrons. The second-order valence-corrected chi connectivity index (χ2v) is 6.64. The van der Waals surface area contributed by atoms with E-state index in [2.05, 4.69) is 63.8 Å². The minimum atomic E-state index is -0.0947. The molecule has 0 spiro atoms. The lowest BCUT2D eigenvalue weighted by atomic mass is 10.1. The van der Waals surface area contributed by atoms with Crippen molar-refractivity contribution < 1.29 is 4.74 Å². The van der Waals surface area contributed by atoms with Crippen LogP contribution in [0.2, 0.25) is 0 Å². The first-order chi connectivity index (χ1) is 9.89. The van der Waals surface area contributed by atoms with Gasteiger partial charge in [0.05, 0.1) is 23.9 Å². The van der Waals surface area contributed by atoms with E-state index in [1.165, 1.54) is 0 Å². The van der Waals surface area contributed by atoms with Crippen LogP contribution in [0.1, 0.15) is 66.1 Å². The van der Waals surface area contributed by atoms with E-state index in [1.54, 1.807) is 0 Å². The summed E-state index contributed by atoms with van der Waals surface area (Å²) in [6.45, 7) is 14.5. The molecule has 0 amide bonds. The second kappa shape index (κ2) is 8.54. The van der Waals surface area contributed by atoms with Crippen LogP contribution in [-0.4, -0.2) is 34.6 Å². The lowest BCUT2D eigenvalue weighted by Gasteiger charge is -2.24. The normalized spacial score (nSPS) is 13.9. The van der Waals surface area contributed by atoms with Crippen LogP contribution in [0.15, 0.2) is 12.3 Å². The molecule has 0 saturated carbocycles. The number of hydrogen-bond donors (Lipinski definition) is 1. The Kier molecular flexibility index (Phi) is 7.40. The summed E-state index contributed by atoms with van der Waals surface area (Å²) in [5.74, 6) is 0. The Morgan fingerprint density at radius 1 is 1.24 bits per heavy atom. The minimum Gasteiger partial charge on any atom is -0.374 e. The number of rotatable bonds is 9. The molecule has 0 bridgehead atoms. The average Bonchev–Trinajstić information content (AvgIpc) is 2.85. The minimum absolute atomic E-state index is 0.0947. The molecule has 21 heavy (non-hydrogen) atoms. The van der Waals surface area contributed by atoms with Crippen molar-refractivity contribution in [3.8, 4) is 0 Å². The molecule has 0 aromatic carbocycles. The van der Waals surface area contributed by atoms with E-state index in [4.69, 9.17) is 9.84 Å². The summed E-state index contributed by atoms with van der Waals surface area (Å²) in [6.07, 6.45) is 5.28. The van der Waals surface area contributed by atoms with Gasteiger partial charge in [0.25, 0.3) is 0 Å². The van der Waals surface area contributed by atoms with Crippen LogP contribution in [0.5, 0.6) is 0 Å². The highest BCUT2D eigenvalue weighted by atomic mass is 16.5. The van der Waals surface area contributed by atoms with Crippen molar-refractivity contribution in [2.24, 2.45) is 0 Å². The largest absolute Gasteiger partial charge is 0.374 e. The van der Waals surface area contributed by atoms with E-state index >= 15 is 0 Å². The highest BCUT2D eigenvalue weighted by Gasteiger charge is 2.17. The molecule has 1 atom stereocenters. The van der Waals surface area contributed by atoms with Crippen molar-refractivity contribution in [1.82, 2.24) is 15.1 Å². The van der Waals surface area contributed by atoms with E-state index in [9.17, 15) is 0 Å². The van der Waals surface area contributed by atoms with Gasteiger partial charge in [-0.25, -0.2) is 0 Å². The van der Waals surface area contributed by atoms with Gasteiger partial charge in [0, 0.05) is 18.7 Å². The van der Waals surface area contributed by atoms with Gasteiger partial charge in [-0.2, -0.15) is 5.10 Å². The van der Waals surface area contributed by atoms with Crippen LogP contribution >= 0.6 is 0 Å². The SMILES string of the molecule is CCNC(COC(C)(C)C)Cc1ccn(C(CC)CC)n1. The fourth-order valence-electron chi connectivity index (χ4n) is 2.43. The van der Waals surface area contributed by atoms with Crippen molar-refractivity contribution in [2.45, 2.75) is 78.5 Å². The molecule has 1 rings (SSSR count). The van der Waals surface area contributed by atoms with Crippen LogP contribution in [0, 0.1) is 0 Å². The Labute approximate surface area is 130 Å². The highest BCUT2D eigenvalue weighted by Crippen LogP contribution is 2.15. The maximum Gasteiger partial charge on any atom is 0.0641 e. The maximum absolute atomic E-state index is 5.92. The third-order valence-electron chi connectivity index (χ3n) is 3.65. The highest BCUT2D eigenvalue weighted by molar-refractivity contribution is 5.02. The number of likely N-dealkylation sites (N-methyl/N-ethyl adjacent to an activating group) is 1. The van der Waals surface area contributed by atoms with Gasteiger partial charge in [-0.3, -0.25) is 4.68 Å². The molecule has 4 heteroatoms. The standard InChI is InChI=1S/C17H33N3O/c1-7-16(8-2)20-11-10-14(19-20)12-15(18-9-3)13-21-17(4,5)6/h10-11,15-16,18H,7-9,12-13H2,1-6H3. The Morgan fingerprint density at radius 3 is 2.43 bits per heavy atom. The summed E-state index contributed by atoms with van der Waals surface area (Å²) in [5.41, 5.74) is 1.05. The topological polar surface area (TPSA) is 39.1 Å². The summed E-state index contributed by atoms with van der Waals surface area (Å²) in [5, 5.41) is 8.24. The fourth-order valence-corrected chi connectivity index (χ4v) is 2.43. The molecule has 0 fully saturated rings.